The number of ether oxygens (including phenoxy) is 1. The Hall–Kier alpha value is -2.19. The number of hydrogen-bond donors (Lipinski definition) is 3. The number of nitrogens with zero attached hydrogens (tertiary/aromatic N) is 1. The highest BCUT2D eigenvalue weighted by atomic mass is 19.1. The highest BCUT2D eigenvalue weighted by Gasteiger charge is 2.48. The van der Waals surface area contributed by atoms with Crippen molar-refractivity contribution in [2.45, 2.75) is 71.2 Å². The molecule has 1 saturated carbocycles. The van der Waals surface area contributed by atoms with Gasteiger partial charge in [-0.2, -0.15) is 0 Å². The second kappa shape index (κ2) is 10.2. The number of aliphatic hydroxyl groups is 1. The number of benzene rings is 1. The average Bonchev–Trinajstić information content (AvgIpc) is 3.00. The summed E-state index contributed by atoms with van der Waals surface area (Å²) in [6.45, 7) is 9.67. The molecule has 0 aromatic heterocycles. The first kappa shape index (κ1) is 24.5. The molecule has 2 fully saturated rings. The summed E-state index contributed by atoms with van der Waals surface area (Å²) in [4.78, 5) is 25.8. The van der Waals surface area contributed by atoms with Crippen LogP contribution in [0.15, 0.2) is 24.3 Å². The lowest BCUT2D eigenvalue weighted by Gasteiger charge is -2.43. The molecule has 32 heavy (non-hydrogen) atoms. The molecule has 3 N–H and O–H groups in total. The van der Waals surface area contributed by atoms with Crippen molar-refractivity contribution in [3.63, 3.8) is 0 Å². The zero-order chi connectivity index (χ0) is 23.5. The minimum Gasteiger partial charge on any atom is -0.487 e. The Morgan fingerprint density at radius 2 is 1.94 bits per heavy atom. The Labute approximate surface area is 189 Å². The van der Waals surface area contributed by atoms with Crippen LogP contribution in [0.5, 0.6) is 5.75 Å². The quantitative estimate of drug-likeness (QED) is 0.619. The minimum atomic E-state index is -0.837. The van der Waals surface area contributed by atoms with E-state index in [2.05, 4.69) is 36.3 Å². The lowest BCUT2D eigenvalue weighted by molar-refractivity contribution is -0.125. The standard InChI is InChI=1S/C24H36FN3O4/c1-15(29)26-14-21(30)27-19-13-20(32-18-7-5-6-17(25)12-18)23(31)22(19)28-10-8-16(9-11-28)24(2,3)4/h5-7,12,16,19-20,22-23,31H,8-11,13-14H2,1-4H3,(H,26,29)(H,27,30)/t19-,20-,22+,23+/m1/s1. The van der Waals surface area contributed by atoms with Gasteiger partial charge in [0.15, 0.2) is 0 Å². The summed E-state index contributed by atoms with van der Waals surface area (Å²) >= 11 is 0. The SMILES string of the molecule is CC(=O)NCC(=O)N[C@@H]1C[C@@H](Oc2cccc(F)c2)[C@H](O)[C@H]1N1CCC(C(C)(C)C)CC1. The molecular weight excluding hydrogens is 413 g/mol. The van der Waals surface area contributed by atoms with Gasteiger partial charge in [0, 0.05) is 19.4 Å². The molecule has 0 spiro atoms. The highest BCUT2D eigenvalue weighted by Crippen LogP contribution is 2.37. The predicted molar refractivity (Wildman–Crippen MR) is 120 cm³/mol. The third kappa shape index (κ3) is 6.19. The molecule has 3 rings (SSSR count). The molecule has 178 valence electrons. The van der Waals surface area contributed by atoms with Crippen molar-refractivity contribution in [2.24, 2.45) is 11.3 Å². The number of carbonyl (C=O) groups excluding carboxylic acids is 2. The van der Waals surface area contributed by atoms with E-state index in [1.807, 2.05) is 0 Å². The first-order valence-electron chi connectivity index (χ1n) is 11.4. The van der Waals surface area contributed by atoms with Gasteiger partial charge in [-0.25, -0.2) is 4.39 Å². The number of aliphatic hydroxyl groups excluding tert-OH is 1. The van der Waals surface area contributed by atoms with E-state index in [0.717, 1.165) is 25.9 Å². The van der Waals surface area contributed by atoms with Crippen LogP contribution in [0, 0.1) is 17.2 Å². The summed E-state index contributed by atoms with van der Waals surface area (Å²) in [5, 5.41) is 16.7. The zero-order valence-corrected chi connectivity index (χ0v) is 19.4. The van der Waals surface area contributed by atoms with Gasteiger partial charge in [0.05, 0.1) is 18.6 Å². The number of halogens is 1. The Morgan fingerprint density at radius 3 is 2.53 bits per heavy atom. The van der Waals surface area contributed by atoms with Crippen LogP contribution >= 0.6 is 0 Å². The van der Waals surface area contributed by atoms with Gasteiger partial charge in [-0.05, 0) is 49.4 Å². The fraction of sp³-hybridized carbons (Fsp3) is 0.667. The van der Waals surface area contributed by atoms with Crippen molar-refractivity contribution >= 4 is 11.8 Å². The van der Waals surface area contributed by atoms with Gasteiger partial charge in [0.25, 0.3) is 0 Å². The maximum atomic E-state index is 13.6. The van der Waals surface area contributed by atoms with E-state index in [4.69, 9.17) is 4.74 Å². The molecule has 8 heteroatoms. The van der Waals surface area contributed by atoms with Crippen molar-refractivity contribution in [3.05, 3.63) is 30.1 Å². The Morgan fingerprint density at radius 1 is 1.25 bits per heavy atom. The van der Waals surface area contributed by atoms with E-state index in [-0.39, 0.29) is 35.9 Å². The molecule has 1 aromatic rings. The normalized spacial score (nSPS) is 27.2. The second-order valence-corrected chi connectivity index (χ2v) is 10.1. The van der Waals surface area contributed by atoms with Crippen LogP contribution in [0.1, 0.15) is 47.0 Å². The summed E-state index contributed by atoms with van der Waals surface area (Å²) in [5.74, 6) is -0.0389. The van der Waals surface area contributed by atoms with Crippen molar-refractivity contribution in [1.82, 2.24) is 15.5 Å². The second-order valence-electron chi connectivity index (χ2n) is 10.1. The molecule has 1 saturated heterocycles. The Kier molecular flexibility index (Phi) is 7.77. The van der Waals surface area contributed by atoms with Crippen LogP contribution in [0.4, 0.5) is 4.39 Å². The largest absolute Gasteiger partial charge is 0.487 e. The van der Waals surface area contributed by atoms with Crippen LogP contribution in [0.2, 0.25) is 0 Å². The van der Waals surface area contributed by atoms with Gasteiger partial charge >= 0.3 is 0 Å². The summed E-state index contributed by atoms with van der Waals surface area (Å²) < 4.78 is 19.5. The van der Waals surface area contributed by atoms with Crippen LogP contribution in [-0.4, -0.2) is 65.7 Å². The van der Waals surface area contributed by atoms with Crippen molar-refractivity contribution in [2.75, 3.05) is 19.6 Å². The number of rotatable bonds is 6. The van der Waals surface area contributed by atoms with Gasteiger partial charge in [-0.3, -0.25) is 14.5 Å². The smallest absolute Gasteiger partial charge is 0.239 e. The van der Waals surface area contributed by atoms with E-state index in [9.17, 15) is 19.1 Å². The van der Waals surface area contributed by atoms with E-state index in [0.29, 0.717) is 18.1 Å². The predicted octanol–water partition coefficient (Wildman–Crippen LogP) is 2.09. The summed E-state index contributed by atoms with van der Waals surface area (Å²) in [6, 6.07) is 5.20. The lowest BCUT2D eigenvalue weighted by atomic mass is 9.75. The average molecular weight is 450 g/mol. The molecule has 1 heterocycles. The molecule has 0 unspecified atom stereocenters. The fourth-order valence-corrected chi connectivity index (χ4v) is 4.96. The van der Waals surface area contributed by atoms with E-state index >= 15 is 0 Å². The molecule has 2 aliphatic rings. The summed E-state index contributed by atoms with van der Waals surface area (Å²) in [6.07, 6.45) is 1.03. The summed E-state index contributed by atoms with van der Waals surface area (Å²) in [5.41, 5.74) is 0.232. The van der Waals surface area contributed by atoms with Gasteiger partial charge < -0.3 is 20.5 Å². The lowest BCUT2D eigenvalue weighted by Crippen LogP contribution is -2.56. The summed E-state index contributed by atoms with van der Waals surface area (Å²) in [7, 11) is 0. The molecule has 0 bridgehead atoms. The number of carbonyl (C=O) groups is 2. The number of piperidine rings is 1. The van der Waals surface area contributed by atoms with Crippen LogP contribution < -0.4 is 15.4 Å². The molecule has 1 aliphatic heterocycles. The Bertz CT molecular complexity index is 805. The maximum Gasteiger partial charge on any atom is 0.239 e. The number of likely N-dealkylation sites (tertiary alicyclic amines) is 1. The maximum absolute atomic E-state index is 13.6. The van der Waals surface area contributed by atoms with Crippen molar-refractivity contribution in [3.8, 4) is 5.75 Å². The topological polar surface area (TPSA) is 90.9 Å². The van der Waals surface area contributed by atoms with E-state index < -0.39 is 18.0 Å². The first-order valence-corrected chi connectivity index (χ1v) is 11.4. The molecule has 4 atom stereocenters. The Balaban J connectivity index is 1.72. The third-order valence-electron chi connectivity index (χ3n) is 6.73. The molecule has 7 nitrogen and oxygen atoms in total. The first-order chi connectivity index (χ1) is 15.0. The highest BCUT2D eigenvalue weighted by molar-refractivity contribution is 5.83. The van der Waals surface area contributed by atoms with Crippen molar-refractivity contribution < 1.29 is 23.8 Å². The molecule has 0 radical (unpaired) electrons. The molecule has 2 amide bonds. The van der Waals surface area contributed by atoms with E-state index in [1.165, 1.54) is 19.1 Å². The molecule has 1 aromatic carbocycles. The number of amides is 2. The van der Waals surface area contributed by atoms with Crippen LogP contribution in [0.25, 0.3) is 0 Å². The third-order valence-corrected chi connectivity index (χ3v) is 6.73. The number of nitrogens with one attached hydrogen (secondary N) is 2. The van der Waals surface area contributed by atoms with E-state index in [1.54, 1.807) is 12.1 Å². The number of hydrogen-bond acceptors (Lipinski definition) is 5. The monoisotopic (exact) mass is 449 g/mol. The molecular formula is C24H36FN3O4. The van der Waals surface area contributed by atoms with Gasteiger partial charge in [-0.1, -0.05) is 26.8 Å². The van der Waals surface area contributed by atoms with Gasteiger partial charge in [0.2, 0.25) is 11.8 Å². The van der Waals surface area contributed by atoms with Crippen LogP contribution in [0.3, 0.4) is 0 Å². The minimum absolute atomic E-state index is 0.115. The fourth-order valence-electron chi connectivity index (χ4n) is 4.96. The van der Waals surface area contributed by atoms with Gasteiger partial charge in [0.1, 0.15) is 23.8 Å². The zero-order valence-electron chi connectivity index (χ0n) is 19.4. The van der Waals surface area contributed by atoms with Crippen molar-refractivity contribution in [1.29, 1.82) is 0 Å². The van der Waals surface area contributed by atoms with Gasteiger partial charge in [-0.15, -0.1) is 0 Å². The molecule has 1 aliphatic carbocycles. The van der Waals surface area contributed by atoms with Crippen LogP contribution in [-0.2, 0) is 9.59 Å².